The molecule has 3 heteroatoms. The molecule has 0 aliphatic carbocycles. The Kier molecular flexibility index (Phi) is 3.58. The average Bonchev–Trinajstić information content (AvgIpc) is 2.15. The first-order chi connectivity index (χ1) is 7.29. The summed E-state index contributed by atoms with van der Waals surface area (Å²) in [6.07, 6.45) is 0.536. The fourth-order valence-electron chi connectivity index (χ4n) is 1.41. The number of nitrogens with zero attached hydrogens (tertiary/aromatic N) is 1. The van der Waals surface area contributed by atoms with E-state index < -0.39 is 0 Å². The number of carbonyl (C=O) groups excluding carboxylic acids is 1. The van der Waals surface area contributed by atoms with Crippen LogP contribution in [0, 0.1) is 5.41 Å². The Morgan fingerprint density at radius 1 is 1.25 bits per heavy atom. The minimum absolute atomic E-state index is 0.0130. The van der Waals surface area contributed by atoms with Crippen LogP contribution in [0.1, 0.15) is 27.2 Å². The molecule has 1 aromatic rings. The highest BCUT2D eigenvalue weighted by Crippen LogP contribution is 2.22. The molecule has 3 nitrogen and oxygen atoms in total. The summed E-state index contributed by atoms with van der Waals surface area (Å²) in [6, 6.07) is 7.32. The van der Waals surface area contributed by atoms with Gasteiger partial charge in [0.2, 0.25) is 5.91 Å². The SMILES string of the molecule is CN(C(=O)CC(C)(C)C)c1ccc(N)cc1. The summed E-state index contributed by atoms with van der Waals surface area (Å²) in [5, 5.41) is 0. The van der Waals surface area contributed by atoms with E-state index in [2.05, 4.69) is 20.8 Å². The molecule has 0 heterocycles. The second kappa shape index (κ2) is 4.56. The van der Waals surface area contributed by atoms with Gasteiger partial charge in [0, 0.05) is 24.8 Å². The van der Waals surface area contributed by atoms with E-state index in [4.69, 9.17) is 5.73 Å². The summed E-state index contributed by atoms with van der Waals surface area (Å²) < 4.78 is 0. The molecule has 0 aliphatic heterocycles. The fraction of sp³-hybridized carbons (Fsp3) is 0.462. The van der Waals surface area contributed by atoms with Crippen molar-refractivity contribution in [3.05, 3.63) is 24.3 Å². The van der Waals surface area contributed by atoms with Crippen molar-refractivity contribution in [3.63, 3.8) is 0 Å². The zero-order chi connectivity index (χ0) is 12.3. The van der Waals surface area contributed by atoms with Crippen LogP contribution >= 0.6 is 0 Å². The monoisotopic (exact) mass is 220 g/mol. The quantitative estimate of drug-likeness (QED) is 0.779. The third-order valence-electron chi connectivity index (χ3n) is 2.34. The Morgan fingerprint density at radius 3 is 2.19 bits per heavy atom. The van der Waals surface area contributed by atoms with Gasteiger partial charge < -0.3 is 10.6 Å². The molecule has 0 saturated heterocycles. The van der Waals surface area contributed by atoms with Crippen LogP contribution < -0.4 is 10.6 Å². The Bertz CT molecular complexity index is 363. The molecule has 88 valence electrons. The first kappa shape index (κ1) is 12.6. The van der Waals surface area contributed by atoms with E-state index >= 15 is 0 Å². The third-order valence-corrected chi connectivity index (χ3v) is 2.34. The van der Waals surface area contributed by atoms with Crippen LogP contribution in [0.3, 0.4) is 0 Å². The number of anilines is 2. The lowest BCUT2D eigenvalue weighted by atomic mass is 9.91. The predicted molar refractivity (Wildman–Crippen MR) is 68.3 cm³/mol. The molecule has 0 fully saturated rings. The zero-order valence-electron chi connectivity index (χ0n) is 10.4. The fourth-order valence-corrected chi connectivity index (χ4v) is 1.41. The van der Waals surface area contributed by atoms with Crippen LogP contribution in [0.15, 0.2) is 24.3 Å². The zero-order valence-corrected chi connectivity index (χ0v) is 10.4. The first-order valence-corrected chi connectivity index (χ1v) is 5.42. The van der Waals surface area contributed by atoms with Gasteiger partial charge in [-0.15, -0.1) is 0 Å². The third kappa shape index (κ3) is 3.57. The molecule has 0 radical (unpaired) electrons. The highest BCUT2D eigenvalue weighted by atomic mass is 16.2. The molecule has 0 spiro atoms. The van der Waals surface area contributed by atoms with Gasteiger partial charge >= 0.3 is 0 Å². The van der Waals surface area contributed by atoms with E-state index in [0.717, 1.165) is 5.69 Å². The summed E-state index contributed by atoms with van der Waals surface area (Å²) >= 11 is 0. The lowest BCUT2D eigenvalue weighted by Gasteiger charge is -2.23. The van der Waals surface area contributed by atoms with E-state index in [0.29, 0.717) is 12.1 Å². The summed E-state index contributed by atoms with van der Waals surface area (Å²) in [6.45, 7) is 6.17. The Labute approximate surface area is 97.2 Å². The molecule has 1 amide bonds. The van der Waals surface area contributed by atoms with E-state index in [1.54, 1.807) is 24.1 Å². The normalized spacial score (nSPS) is 11.2. The molecular weight excluding hydrogens is 200 g/mol. The lowest BCUT2D eigenvalue weighted by Crippen LogP contribution is -2.29. The molecule has 0 aliphatic rings. The van der Waals surface area contributed by atoms with E-state index in [-0.39, 0.29) is 11.3 Å². The van der Waals surface area contributed by atoms with Crippen molar-refractivity contribution < 1.29 is 4.79 Å². The molecule has 2 N–H and O–H groups in total. The van der Waals surface area contributed by atoms with Gasteiger partial charge in [-0.1, -0.05) is 20.8 Å². The number of carbonyl (C=O) groups is 1. The Morgan fingerprint density at radius 2 is 1.75 bits per heavy atom. The molecule has 16 heavy (non-hydrogen) atoms. The van der Waals surface area contributed by atoms with Crippen molar-refractivity contribution in [2.45, 2.75) is 27.2 Å². The molecule has 1 aromatic carbocycles. The minimum Gasteiger partial charge on any atom is -0.399 e. The second-order valence-corrected chi connectivity index (χ2v) is 5.28. The largest absolute Gasteiger partial charge is 0.399 e. The van der Waals surface area contributed by atoms with Gasteiger partial charge in [0.25, 0.3) is 0 Å². The van der Waals surface area contributed by atoms with Crippen molar-refractivity contribution in [2.24, 2.45) is 5.41 Å². The van der Waals surface area contributed by atoms with Crippen LogP contribution in [0.4, 0.5) is 11.4 Å². The summed E-state index contributed by atoms with van der Waals surface area (Å²) in [7, 11) is 1.79. The lowest BCUT2D eigenvalue weighted by molar-refractivity contribution is -0.120. The van der Waals surface area contributed by atoms with Gasteiger partial charge in [0.05, 0.1) is 0 Å². The molecule has 1 rings (SSSR count). The summed E-state index contributed by atoms with van der Waals surface area (Å²) in [4.78, 5) is 13.6. The molecule has 0 saturated carbocycles. The number of amides is 1. The second-order valence-electron chi connectivity index (χ2n) is 5.28. The maximum absolute atomic E-state index is 11.9. The maximum Gasteiger partial charge on any atom is 0.227 e. The Hall–Kier alpha value is -1.51. The van der Waals surface area contributed by atoms with Crippen LogP contribution in [-0.4, -0.2) is 13.0 Å². The molecule has 0 unspecified atom stereocenters. The number of hydrogen-bond donors (Lipinski definition) is 1. The van der Waals surface area contributed by atoms with Crippen LogP contribution in [0.2, 0.25) is 0 Å². The van der Waals surface area contributed by atoms with E-state index in [9.17, 15) is 4.79 Å². The van der Waals surface area contributed by atoms with Gasteiger partial charge in [-0.2, -0.15) is 0 Å². The van der Waals surface area contributed by atoms with Gasteiger partial charge in [-0.05, 0) is 29.7 Å². The van der Waals surface area contributed by atoms with Crippen molar-refractivity contribution in [2.75, 3.05) is 17.7 Å². The van der Waals surface area contributed by atoms with Gasteiger partial charge in [0.1, 0.15) is 0 Å². The molecule has 0 aromatic heterocycles. The topological polar surface area (TPSA) is 46.3 Å². The minimum atomic E-state index is 0.0130. The molecule has 0 bridgehead atoms. The van der Waals surface area contributed by atoms with Crippen molar-refractivity contribution in [1.82, 2.24) is 0 Å². The number of rotatable bonds is 2. The molecular formula is C13H20N2O. The van der Waals surface area contributed by atoms with Crippen molar-refractivity contribution in [1.29, 1.82) is 0 Å². The maximum atomic E-state index is 11.9. The van der Waals surface area contributed by atoms with E-state index in [1.165, 1.54) is 0 Å². The van der Waals surface area contributed by atoms with Crippen molar-refractivity contribution >= 4 is 17.3 Å². The first-order valence-electron chi connectivity index (χ1n) is 5.42. The predicted octanol–water partition coefficient (Wildman–Crippen LogP) is 2.67. The Balaban J connectivity index is 2.74. The summed E-state index contributed by atoms with van der Waals surface area (Å²) in [5.74, 6) is 0.122. The number of hydrogen-bond acceptors (Lipinski definition) is 2. The smallest absolute Gasteiger partial charge is 0.227 e. The van der Waals surface area contributed by atoms with Crippen molar-refractivity contribution in [3.8, 4) is 0 Å². The van der Waals surface area contributed by atoms with E-state index in [1.807, 2.05) is 12.1 Å². The van der Waals surface area contributed by atoms with Gasteiger partial charge in [0.15, 0.2) is 0 Å². The number of nitrogens with two attached hydrogens (primary N) is 1. The van der Waals surface area contributed by atoms with Gasteiger partial charge in [-0.25, -0.2) is 0 Å². The van der Waals surface area contributed by atoms with Gasteiger partial charge in [-0.3, -0.25) is 4.79 Å². The number of benzene rings is 1. The van der Waals surface area contributed by atoms with Crippen LogP contribution in [0.25, 0.3) is 0 Å². The summed E-state index contributed by atoms with van der Waals surface area (Å²) in [5.41, 5.74) is 7.20. The highest BCUT2D eigenvalue weighted by molar-refractivity contribution is 5.93. The van der Waals surface area contributed by atoms with Crippen LogP contribution in [-0.2, 0) is 4.79 Å². The standard InChI is InChI=1S/C13H20N2O/c1-13(2,3)9-12(16)15(4)11-7-5-10(14)6-8-11/h5-8H,9,14H2,1-4H3. The average molecular weight is 220 g/mol. The highest BCUT2D eigenvalue weighted by Gasteiger charge is 2.19. The number of nitrogen functional groups attached to an aromatic ring is 1. The molecule has 0 atom stereocenters. The van der Waals surface area contributed by atoms with Crippen LogP contribution in [0.5, 0.6) is 0 Å².